The van der Waals surface area contributed by atoms with Gasteiger partial charge < -0.3 is 19.3 Å². The van der Waals surface area contributed by atoms with Crippen molar-refractivity contribution in [3.8, 4) is 5.75 Å². The third-order valence-corrected chi connectivity index (χ3v) is 4.41. The van der Waals surface area contributed by atoms with E-state index in [4.69, 9.17) is 19.3 Å². The van der Waals surface area contributed by atoms with Gasteiger partial charge in [0.1, 0.15) is 5.75 Å². The SMILES string of the molecule is C[Si](C)(C)CCOCOc1cccc(COCCO)c1. The van der Waals surface area contributed by atoms with Crippen LogP contribution in [0.3, 0.4) is 0 Å². The maximum absolute atomic E-state index is 8.66. The van der Waals surface area contributed by atoms with Gasteiger partial charge in [0.2, 0.25) is 0 Å². The van der Waals surface area contributed by atoms with Gasteiger partial charge in [-0.05, 0) is 23.7 Å². The van der Waals surface area contributed by atoms with Gasteiger partial charge in [-0.3, -0.25) is 0 Å². The summed E-state index contributed by atoms with van der Waals surface area (Å²) in [6.45, 7) is 8.90. The zero-order valence-corrected chi connectivity index (χ0v) is 13.7. The van der Waals surface area contributed by atoms with E-state index in [-0.39, 0.29) is 13.4 Å². The minimum absolute atomic E-state index is 0.0428. The first-order valence-electron chi connectivity index (χ1n) is 6.99. The number of hydrogen-bond acceptors (Lipinski definition) is 4. The maximum Gasteiger partial charge on any atom is 0.189 e. The lowest BCUT2D eigenvalue weighted by atomic mass is 10.2. The molecule has 1 aromatic carbocycles. The molecule has 0 aliphatic heterocycles. The van der Waals surface area contributed by atoms with Crippen LogP contribution in [0.5, 0.6) is 5.75 Å². The summed E-state index contributed by atoms with van der Waals surface area (Å²) in [5.41, 5.74) is 1.03. The average molecular weight is 298 g/mol. The Hall–Kier alpha value is -0.883. The Balaban J connectivity index is 2.24. The van der Waals surface area contributed by atoms with E-state index in [2.05, 4.69) is 19.6 Å². The number of aliphatic hydroxyl groups excluding tert-OH is 1. The van der Waals surface area contributed by atoms with Gasteiger partial charge in [0.25, 0.3) is 0 Å². The highest BCUT2D eigenvalue weighted by atomic mass is 28.3. The molecular weight excluding hydrogens is 272 g/mol. The molecule has 0 aliphatic carbocycles. The number of aliphatic hydroxyl groups is 1. The first-order valence-corrected chi connectivity index (χ1v) is 10.7. The van der Waals surface area contributed by atoms with Crippen LogP contribution in [0, 0.1) is 0 Å². The Morgan fingerprint density at radius 3 is 2.60 bits per heavy atom. The fourth-order valence-electron chi connectivity index (χ4n) is 1.53. The molecule has 0 unspecified atom stereocenters. The Bertz CT molecular complexity index is 376. The summed E-state index contributed by atoms with van der Waals surface area (Å²) in [7, 11) is -1.03. The fraction of sp³-hybridized carbons (Fsp3) is 0.600. The molecule has 0 bridgehead atoms. The van der Waals surface area contributed by atoms with Crippen molar-refractivity contribution in [3.05, 3.63) is 29.8 Å². The van der Waals surface area contributed by atoms with E-state index in [0.29, 0.717) is 13.2 Å². The van der Waals surface area contributed by atoms with Crippen LogP contribution in [0.1, 0.15) is 5.56 Å². The van der Waals surface area contributed by atoms with Gasteiger partial charge >= 0.3 is 0 Å². The quantitative estimate of drug-likeness (QED) is 0.410. The second-order valence-corrected chi connectivity index (χ2v) is 11.5. The van der Waals surface area contributed by atoms with Crippen molar-refractivity contribution in [2.75, 3.05) is 26.6 Å². The van der Waals surface area contributed by atoms with E-state index in [0.717, 1.165) is 24.0 Å². The van der Waals surface area contributed by atoms with Crippen LogP contribution in [0.15, 0.2) is 24.3 Å². The molecule has 0 saturated heterocycles. The van der Waals surface area contributed by atoms with Gasteiger partial charge in [0, 0.05) is 14.7 Å². The van der Waals surface area contributed by atoms with Gasteiger partial charge in [0.05, 0.1) is 19.8 Å². The van der Waals surface area contributed by atoms with Gasteiger partial charge in [0.15, 0.2) is 6.79 Å². The van der Waals surface area contributed by atoms with Crippen LogP contribution in [0.2, 0.25) is 25.7 Å². The molecule has 0 radical (unpaired) electrons. The smallest absolute Gasteiger partial charge is 0.189 e. The maximum atomic E-state index is 8.66. The number of hydrogen-bond donors (Lipinski definition) is 1. The Morgan fingerprint density at radius 1 is 1.10 bits per heavy atom. The first-order chi connectivity index (χ1) is 9.51. The van der Waals surface area contributed by atoms with Crippen molar-refractivity contribution in [2.45, 2.75) is 32.3 Å². The summed E-state index contributed by atoms with van der Waals surface area (Å²) in [6, 6.07) is 8.87. The van der Waals surface area contributed by atoms with Crippen LogP contribution in [-0.2, 0) is 16.1 Å². The normalized spacial score (nSPS) is 11.6. The third kappa shape index (κ3) is 8.32. The first kappa shape index (κ1) is 17.2. The van der Waals surface area contributed by atoms with Crippen LogP contribution in [0.25, 0.3) is 0 Å². The van der Waals surface area contributed by atoms with Crippen molar-refractivity contribution < 1.29 is 19.3 Å². The number of ether oxygens (including phenoxy) is 3. The highest BCUT2D eigenvalue weighted by Gasteiger charge is 2.11. The van der Waals surface area contributed by atoms with Crippen molar-refractivity contribution in [2.24, 2.45) is 0 Å². The predicted octanol–water partition coefficient (Wildman–Crippen LogP) is 2.89. The molecule has 0 aromatic heterocycles. The number of rotatable bonds is 10. The van der Waals surface area contributed by atoms with E-state index in [1.165, 1.54) is 0 Å². The molecule has 0 atom stereocenters. The highest BCUT2D eigenvalue weighted by Crippen LogP contribution is 2.14. The minimum Gasteiger partial charge on any atom is -0.468 e. The lowest BCUT2D eigenvalue weighted by Gasteiger charge is -2.15. The largest absolute Gasteiger partial charge is 0.468 e. The predicted molar refractivity (Wildman–Crippen MR) is 82.8 cm³/mol. The molecule has 0 saturated carbocycles. The number of benzene rings is 1. The summed E-state index contributed by atoms with van der Waals surface area (Å²) in [5, 5.41) is 8.66. The highest BCUT2D eigenvalue weighted by molar-refractivity contribution is 6.76. The molecule has 1 aromatic rings. The molecule has 0 aliphatic rings. The second-order valence-electron chi connectivity index (χ2n) is 5.90. The van der Waals surface area contributed by atoms with E-state index < -0.39 is 8.07 Å². The van der Waals surface area contributed by atoms with Crippen LogP contribution in [-0.4, -0.2) is 39.8 Å². The zero-order chi connectivity index (χ0) is 14.8. The lowest BCUT2D eigenvalue weighted by molar-refractivity contribution is 0.0218. The molecule has 4 nitrogen and oxygen atoms in total. The van der Waals surface area contributed by atoms with Crippen molar-refractivity contribution >= 4 is 8.07 Å². The molecule has 0 spiro atoms. The Morgan fingerprint density at radius 2 is 1.90 bits per heavy atom. The van der Waals surface area contributed by atoms with Crippen LogP contribution < -0.4 is 4.74 Å². The van der Waals surface area contributed by atoms with E-state index in [9.17, 15) is 0 Å². The summed E-state index contributed by atoms with van der Waals surface area (Å²) < 4.78 is 16.3. The van der Waals surface area contributed by atoms with Crippen molar-refractivity contribution in [1.82, 2.24) is 0 Å². The third-order valence-electron chi connectivity index (χ3n) is 2.71. The van der Waals surface area contributed by atoms with Gasteiger partial charge in [-0.2, -0.15) is 0 Å². The molecule has 0 fully saturated rings. The topological polar surface area (TPSA) is 47.9 Å². The summed E-state index contributed by atoms with van der Waals surface area (Å²) in [5.74, 6) is 0.781. The fourth-order valence-corrected chi connectivity index (χ4v) is 2.28. The minimum atomic E-state index is -1.03. The molecule has 114 valence electrons. The molecule has 20 heavy (non-hydrogen) atoms. The molecular formula is C15H26O4Si. The van der Waals surface area contributed by atoms with Gasteiger partial charge in [-0.1, -0.05) is 31.8 Å². The zero-order valence-electron chi connectivity index (χ0n) is 12.7. The second kappa shape index (κ2) is 9.13. The van der Waals surface area contributed by atoms with Crippen LogP contribution >= 0.6 is 0 Å². The molecule has 0 amide bonds. The van der Waals surface area contributed by atoms with Gasteiger partial charge in [-0.15, -0.1) is 0 Å². The average Bonchev–Trinajstić information content (AvgIpc) is 2.38. The molecule has 1 rings (SSSR count). The summed E-state index contributed by atoms with van der Waals surface area (Å²) >= 11 is 0. The van der Waals surface area contributed by atoms with Crippen LogP contribution in [0.4, 0.5) is 0 Å². The summed E-state index contributed by atoms with van der Waals surface area (Å²) in [4.78, 5) is 0. The van der Waals surface area contributed by atoms with E-state index in [1.54, 1.807) is 0 Å². The van der Waals surface area contributed by atoms with Gasteiger partial charge in [-0.25, -0.2) is 0 Å². The monoisotopic (exact) mass is 298 g/mol. The summed E-state index contributed by atoms with van der Waals surface area (Å²) in [6.07, 6.45) is 0. The molecule has 0 heterocycles. The lowest BCUT2D eigenvalue weighted by Crippen LogP contribution is -2.22. The van der Waals surface area contributed by atoms with Crippen molar-refractivity contribution in [1.29, 1.82) is 0 Å². The van der Waals surface area contributed by atoms with Crippen molar-refractivity contribution in [3.63, 3.8) is 0 Å². The Labute approximate surface area is 122 Å². The van der Waals surface area contributed by atoms with E-state index >= 15 is 0 Å². The Kier molecular flexibility index (Phi) is 7.83. The molecule has 1 N–H and O–H groups in total. The van der Waals surface area contributed by atoms with E-state index in [1.807, 2.05) is 24.3 Å². The molecule has 5 heteroatoms. The standard InChI is InChI=1S/C15H26O4Si/c1-20(2,3)10-9-18-13-19-15-6-4-5-14(11-15)12-17-8-7-16/h4-6,11,16H,7-10,12-13H2,1-3H3.